The Hall–Kier alpha value is -2.87. The van der Waals surface area contributed by atoms with Crippen molar-refractivity contribution in [2.75, 3.05) is 5.32 Å². The molecule has 0 atom stereocenters. The molecule has 140 valence electrons. The molecule has 0 saturated carbocycles. The smallest absolute Gasteiger partial charge is 0.404 e. The molecule has 0 aliphatic heterocycles. The van der Waals surface area contributed by atoms with Gasteiger partial charge in [-0.25, -0.2) is 4.98 Å². The lowest BCUT2D eigenvalue weighted by Crippen LogP contribution is -2.20. The highest BCUT2D eigenvalue weighted by atomic mass is 32.1. The molecule has 8 heteroatoms. The average molecular weight is 392 g/mol. The number of anilines is 1. The monoisotopic (exact) mass is 392 g/mol. The molecule has 0 saturated heterocycles. The first kappa shape index (κ1) is 18.9. The molecule has 1 N–H and O–H groups in total. The summed E-state index contributed by atoms with van der Waals surface area (Å²) in [5.41, 5.74) is 2.51. The van der Waals surface area contributed by atoms with Gasteiger partial charge in [0.15, 0.2) is 5.75 Å². The van der Waals surface area contributed by atoms with E-state index in [1.807, 2.05) is 24.4 Å². The molecule has 0 aliphatic rings. The zero-order valence-corrected chi connectivity index (χ0v) is 15.0. The van der Waals surface area contributed by atoms with Gasteiger partial charge >= 0.3 is 6.36 Å². The van der Waals surface area contributed by atoms with Gasteiger partial charge in [-0.1, -0.05) is 36.4 Å². The highest BCUT2D eigenvalue weighted by Crippen LogP contribution is 2.30. The quantitative estimate of drug-likeness (QED) is 0.649. The molecule has 3 aromatic rings. The lowest BCUT2D eigenvalue weighted by atomic mass is 10.1. The summed E-state index contributed by atoms with van der Waals surface area (Å²) in [5, 5.41) is 5.38. The third-order valence-electron chi connectivity index (χ3n) is 3.62. The molecule has 0 fully saturated rings. The van der Waals surface area contributed by atoms with Gasteiger partial charge in [-0.15, -0.1) is 24.5 Å². The Morgan fingerprint density at radius 3 is 2.48 bits per heavy atom. The maximum Gasteiger partial charge on any atom is 0.573 e. The molecule has 4 nitrogen and oxygen atoms in total. The number of hydrogen-bond donors (Lipinski definition) is 1. The molecule has 0 spiro atoms. The molecule has 1 aromatic heterocycles. The first-order valence-corrected chi connectivity index (χ1v) is 8.84. The van der Waals surface area contributed by atoms with Crippen molar-refractivity contribution in [3.63, 3.8) is 0 Å². The van der Waals surface area contributed by atoms with E-state index < -0.39 is 18.0 Å². The predicted molar refractivity (Wildman–Crippen MR) is 97.7 cm³/mol. The van der Waals surface area contributed by atoms with Crippen LogP contribution in [0.5, 0.6) is 5.75 Å². The van der Waals surface area contributed by atoms with E-state index in [0.29, 0.717) is 0 Å². The van der Waals surface area contributed by atoms with Gasteiger partial charge in [-0.3, -0.25) is 4.79 Å². The Morgan fingerprint density at radius 2 is 1.85 bits per heavy atom. The Morgan fingerprint density at radius 1 is 1.15 bits per heavy atom. The van der Waals surface area contributed by atoms with Crippen LogP contribution >= 0.6 is 11.3 Å². The second-order valence-corrected chi connectivity index (χ2v) is 6.78. The summed E-state index contributed by atoms with van der Waals surface area (Å²) in [6.07, 6.45) is -4.80. The number of aromatic nitrogens is 1. The zero-order valence-electron chi connectivity index (χ0n) is 14.2. The number of carbonyl (C=O) groups is 1. The van der Waals surface area contributed by atoms with E-state index in [1.54, 1.807) is 23.5 Å². The van der Waals surface area contributed by atoms with Gasteiger partial charge in [0.1, 0.15) is 0 Å². The van der Waals surface area contributed by atoms with Gasteiger partial charge < -0.3 is 10.1 Å². The average Bonchev–Trinajstić information content (AvgIpc) is 3.02. The van der Waals surface area contributed by atoms with Crippen LogP contribution < -0.4 is 10.1 Å². The predicted octanol–water partition coefficient (Wildman–Crippen LogP) is 5.20. The number of alkyl halides is 3. The zero-order chi connectivity index (χ0) is 19.4. The summed E-state index contributed by atoms with van der Waals surface area (Å²) in [6.45, 7) is 1.92. The summed E-state index contributed by atoms with van der Waals surface area (Å²) in [4.78, 5) is 16.6. The van der Waals surface area contributed by atoms with Crippen LogP contribution in [0.15, 0.2) is 53.9 Å². The Kier molecular flexibility index (Phi) is 5.46. The summed E-state index contributed by atoms with van der Waals surface area (Å²) < 4.78 is 41.3. The van der Waals surface area contributed by atoms with Crippen molar-refractivity contribution in [3.8, 4) is 17.0 Å². The van der Waals surface area contributed by atoms with Gasteiger partial charge in [-0.05, 0) is 24.6 Å². The lowest BCUT2D eigenvalue weighted by molar-refractivity contribution is -0.274. The van der Waals surface area contributed by atoms with Gasteiger partial charge in [-0.2, -0.15) is 0 Å². The molecule has 0 radical (unpaired) electrons. The molecular formula is C19H15F3N2O2S. The Labute approximate surface area is 157 Å². The van der Waals surface area contributed by atoms with Gasteiger partial charge in [0.2, 0.25) is 5.91 Å². The maximum absolute atomic E-state index is 12.4. The third-order valence-corrected chi connectivity index (χ3v) is 4.39. The normalized spacial score (nSPS) is 11.3. The van der Waals surface area contributed by atoms with Crippen LogP contribution in [0.25, 0.3) is 11.3 Å². The third kappa shape index (κ3) is 5.30. The van der Waals surface area contributed by atoms with Crippen LogP contribution in [0.1, 0.15) is 10.6 Å². The molecular weight excluding hydrogens is 377 g/mol. The molecule has 2 aromatic carbocycles. The van der Waals surface area contributed by atoms with E-state index in [2.05, 4.69) is 15.0 Å². The highest BCUT2D eigenvalue weighted by molar-refractivity contribution is 7.09. The Bertz CT molecular complexity index is 937. The standard InChI is InChI=1S/C19H15F3N2O2S/c1-12-23-16(11-27-12)14-8-6-13(7-9-14)10-18(25)24-15-4-2-3-5-17(15)26-19(20,21)22/h2-9,11H,10H2,1H3,(H,24,25). The minimum atomic E-state index is -4.83. The van der Waals surface area contributed by atoms with E-state index in [-0.39, 0.29) is 12.1 Å². The van der Waals surface area contributed by atoms with Crippen LogP contribution in [0, 0.1) is 6.92 Å². The van der Waals surface area contributed by atoms with Crippen molar-refractivity contribution in [1.29, 1.82) is 0 Å². The number of para-hydroxylation sites is 2. The molecule has 3 rings (SSSR count). The van der Waals surface area contributed by atoms with Gasteiger partial charge in [0.25, 0.3) is 0 Å². The first-order chi connectivity index (χ1) is 12.8. The van der Waals surface area contributed by atoms with Crippen molar-refractivity contribution in [3.05, 3.63) is 64.5 Å². The summed E-state index contributed by atoms with van der Waals surface area (Å²) >= 11 is 1.55. The lowest BCUT2D eigenvalue weighted by Gasteiger charge is -2.13. The van der Waals surface area contributed by atoms with Crippen molar-refractivity contribution in [1.82, 2.24) is 4.98 Å². The van der Waals surface area contributed by atoms with Gasteiger partial charge in [0, 0.05) is 10.9 Å². The number of halogens is 3. The molecule has 1 amide bonds. The largest absolute Gasteiger partial charge is 0.573 e. The fourth-order valence-corrected chi connectivity index (χ4v) is 3.07. The number of hydrogen-bond acceptors (Lipinski definition) is 4. The van der Waals surface area contributed by atoms with E-state index in [0.717, 1.165) is 27.9 Å². The summed E-state index contributed by atoms with van der Waals surface area (Å²) in [7, 11) is 0. The fourth-order valence-electron chi connectivity index (χ4n) is 2.45. The molecule has 0 bridgehead atoms. The number of rotatable bonds is 5. The van der Waals surface area contributed by atoms with E-state index >= 15 is 0 Å². The summed E-state index contributed by atoms with van der Waals surface area (Å²) in [5.74, 6) is -0.891. The van der Waals surface area contributed by atoms with E-state index in [1.165, 1.54) is 18.2 Å². The second kappa shape index (κ2) is 7.79. The number of ether oxygens (including phenoxy) is 1. The number of amides is 1. The fraction of sp³-hybridized carbons (Fsp3) is 0.158. The van der Waals surface area contributed by atoms with Crippen LogP contribution in [0.3, 0.4) is 0 Å². The number of carbonyl (C=O) groups excluding carboxylic acids is 1. The molecule has 0 unspecified atom stereocenters. The SMILES string of the molecule is Cc1nc(-c2ccc(CC(=O)Nc3ccccc3OC(F)(F)F)cc2)cs1. The number of thiazole rings is 1. The Balaban J connectivity index is 1.66. The number of aryl methyl sites for hydroxylation is 1. The van der Waals surface area contributed by atoms with Crippen LogP contribution in [-0.4, -0.2) is 17.3 Å². The molecule has 27 heavy (non-hydrogen) atoms. The highest BCUT2D eigenvalue weighted by Gasteiger charge is 2.32. The summed E-state index contributed by atoms with van der Waals surface area (Å²) in [6, 6.07) is 12.7. The van der Waals surface area contributed by atoms with Gasteiger partial charge in [0.05, 0.1) is 22.8 Å². The van der Waals surface area contributed by atoms with Crippen molar-refractivity contribution in [2.45, 2.75) is 19.7 Å². The maximum atomic E-state index is 12.4. The number of nitrogens with zero attached hydrogens (tertiary/aromatic N) is 1. The second-order valence-electron chi connectivity index (χ2n) is 5.72. The van der Waals surface area contributed by atoms with Crippen molar-refractivity contribution < 1.29 is 22.7 Å². The topological polar surface area (TPSA) is 51.2 Å². The molecule has 0 aliphatic carbocycles. The van der Waals surface area contributed by atoms with Crippen LogP contribution in [-0.2, 0) is 11.2 Å². The number of nitrogens with one attached hydrogen (secondary N) is 1. The van der Waals surface area contributed by atoms with E-state index in [9.17, 15) is 18.0 Å². The minimum Gasteiger partial charge on any atom is -0.404 e. The first-order valence-electron chi connectivity index (χ1n) is 7.96. The van der Waals surface area contributed by atoms with E-state index in [4.69, 9.17) is 0 Å². The minimum absolute atomic E-state index is 0.0245. The van der Waals surface area contributed by atoms with Crippen LogP contribution in [0.2, 0.25) is 0 Å². The van der Waals surface area contributed by atoms with Crippen molar-refractivity contribution >= 4 is 22.9 Å². The van der Waals surface area contributed by atoms with Crippen LogP contribution in [0.4, 0.5) is 18.9 Å². The van der Waals surface area contributed by atoms with Crippen molar-refractivity contribution in [2.24, 2.45) is 0 Å². The molecule has 1 heterocycles. The number of benzene rings is 2.